The van der Waals surface area contributed by atoms with Gasteiger partial charge in [-0.2, -0.15) is 0 Å². The molecule has 0 spiro atoms. The standard InChI is InChI=1S/C11H14BrClN2/c1-14-5-7-15(8-6-14)11-9(12)3-2-4-10(11)13/h2-4H,5-8H2,1H3. The van der Waals surface area contributed by atoms with Crippen molar-refractivity contribution >= 4 is 33.2 Å². The number of benzene rings is 1. The minimum atomic E-state index is 0.828. The van der Waals surface area contributed by atoms with Crippen LogP contribution in [0.4, 0.5) is 5.69 Å². The van der Waals surface area contributed by atoms with Crippen molar-refractivity contribution < 1.29 is 0 Å². The van der Waals surface area contributed by atoms with Crippen LogP contribution in [0.3, 0.4) is 0 Å². The smallest absolute Gasteiger partial charge is 0.0700 e. The molecule has 82 valence electrons. The third-order valence-corrected chi connectivity index (χ3v) is 3.70. The predicted molar refractivity (Wildman–Crippen MR) is 68.9 cm³/mol. The maximum atomic E-state index is 6.21. The van der Waals surface area contributed by atoms with E-state index in [9.17, 15) is 0 Å². The summed E-state index contributed by atoms with van der Waals surface area (Å²) in [5, 5.41) is 0.828. The van der Waals surface area contributed by atoms with E-state index >= 15 is 0 Å². The molecule has 0 N–H and O–H groups in total. The highest BCUT2D eigenvalue weighted by molar-refractivity contribution is 9.10. The topological polar surface area (TPSA) is 6.48 Å². The van der Waals surface area contributed by atoms with Crippen LogP contribution in [0.25, 0.3) is 0 Å². The first kappa shape index (κ1) is 11.2. The van der Waals surface area contributed by atoms with Crippen molar-refractivity contribution in [2.24, 2.45) is 0 Å². The average molecular weight is 290 g/mol. The lowest BCUT2D eigenvalue weighted by atomic mass is 10.2. The molecule has 4 heteroatoms. The van der Waals surface area contributed by atoms with E-state index in [2.05, 4.69) is 32.8 Å². The third kappa shape index (κ3) is 2.47. The van der Waals surface area contributed by atoms with Gasteiger partial charge in [-0.1, -0.05) is 17.7 Å². The number of piperazine rings is 1. The van der Waals surface area contributed by atoms with E-state index in [1.807, 2.05) is 18.2 Å². The molecule has 15 heavy (non-hydrogen) atoms. The van der Waals surface area contributed by atoms with E-state index in [1.54, 1.807) is 0 Å². The van der Waals surface area contributed by atoms with Crippen molar-refractivity contribution in [3.05, 3.63) is 27.7 Å². The van der Waals surface area contributed by atoms with Crippen LogP contribution in [-0.2, 0) is 0 Å². The molecule has 2 rings (SSSR count). The summed E-state index contributed by atoms with van der Waals surface area (Å²) in [7, 11) is 2.15. The number of anilines is 1. The van der Waals surface area contributed by atoms with Crippen LogP contribution in [0.2, 0.25) is 5.02 Å². The number of para-hydroxylation sites is 1. The van der Waals surface area contributed by atoms with E-state index in [0.29, 0.717) is 0 Å². The predicted octanol–water partition coefficient (Wildman–Crippen LogP) is 2.85. The second-order valence-electron chi connectivity index (χ2n) is 3.86. The SMILES string of the molecule is CN1CCN(c2c(Cl)cccc2Br)CC1. The molecular formula is C11H14BrClN2. The van der Waals surface area contributed by atoms with Gasteiger partial charge in [0.15, 0.2) is 0 Å². The summed E-state index contributed by atoms with van der Waals surface area (Å²) in [6.45, 7) is 4.27. The van der Waals surface area contributed by atoms with E-state index < -0.39 is 0 Å². The summed E-state index contributed by atoms with van der Waals surface area (Å²) in [4.78, 5) is 4.67. The Balaban J connectivity index is 2.22. The van der Waals surface area contributed by atoms with Gasteiger partial charge in [-0.05, 0) is 35.1 Å². The first-order valence-electron chi connectivity index (χ1n) is 5.06. The van der Waals surface area contributed by atoms with Crippen LogP contribution in [0, 0.1) is 0 Å². The molecule has 1 aromatic carbocycles. The van der Waals surface area contributed by atoms with Crippen LogP contribution in [-0.4, -0.2) is 38.1 Å². The zero-order chi connectivity index (χ0) is 10.8. The molecule has 1 fully saturated rings. The molecular weight excluding hydrogens is 275 g/mol. The molecule has 2 nitrogen and oxygen atoms in total. The third-order valence-electron chi connectivity index (χ3n) is 2.76. The molecule has 1 aliphatic heterocycles. The highest BCUT2D eigenvalue weighted by Crippen LogP contribution is 2.34. The van der Waals surface area contributed by atoms with Gasteiger partial charge in [-0.15, -0.1) is 0 Å². The fourth-order valence-electron chi connectivity index (χ4n) is 1.82. The van der Waals surface area contributed by atoms with E-state index in [4.69, 9.17) is 11.6 Å². The van der Waals surface area contributed by atoms with Crippen molar-refractivity contribution in [2.75, 3.05) is 38.1 Å². The van der Waals surface area contributed by atoms with Crippen molar-refractivity contribution in [1.82, 2.24) is 4.90 Å². The van der Waals surface area contributed by atoms with Gasteiger partial charge in [-0.25, -0.2) is 0 Å². The second-order valence-corrected chi connectivity index (χ2v) is 5.12. The number of nitrogens with zero attached hydrogens (tertiary/aromatic N) is 2. The Labute approximate surface area is 104 Å². The zero-order valence-electron chi connectivity index (χ0n) is 8.71. The van der Waals surface area contributed by atoms with Gasteiger partial charge >= 0.3 is 0 Å². The summed E-state index contributed by atoms with van der Waals surface area (Å²) in [6.07, 6.45) is 0. The number of hydrogen-bond donors (Lipinski definition) is 0. The highest BCUT2D eigenvalue weighted by atomic mass is 79.9. The van der Waals surface area contributed by atoms with E-state index in [0.717, 1.165) is 41.4 Å². The summed E-state index contributed by atoms with van der Waals surface area (Å²) in [6, 6.07) is 5.95. The lowest BCUT2D eigenvalue weighted by Crippen LogP contribution is -2.44. The number of likely N-dealkylation sites (N-methyl/N-ethyl adjacent to an activating group) is 1. The molecule has 0 aliphatic carbocycles. The van der Waals surface area contributed by atoms with E-state index in [-0.39, 0.29) is 0 Å². The van der Waals surface area contributed by atoms with Crippen LogP contribution >= 0.6 is 27.5 Å². The Kier molecular flexibility index (Phi) is 3.54. The summed E-state index contributed by atoms with van der Waals surface area (Å²) < 4.78 is 1.08. The highest BCUT2D eigenvalue weighted by Gasteiger charge is 2.18. The molecule has 1 heterocycles. The van der Waals surface area contributed by atoms with Gasteiger partial charge in [0.1, 0.15) is 0 Å². The molecule has 0 radical (unpaired) electrons. The van der Waals surface area contributed by atoms with Crippen molar-refractivity contribution in [2.45, 2.75) is 0 Å². The number of halogens is 2. The number of rotatable bonds is 1. The van der Waals surface area contributed by atoms with Gasteiger partial charge in [0.25, 0.3) is 0 Å². The maximum Gasteiger partial charge on any atom is 0.0700 e. The lowest BCUT2D eigenvalue weighted by molar-refractivity contribution is 0.313. The van der Waals surface area contributed by atoms with Crippen molar-refractivity contribution in [1.29, 1.82) is 0 Å². The maximum absolute atomic E-state index is 6.21. The normalized spacial score (nSPS) is 18.2. The Morgan fingerprint density at radius 2 is 1.87 bits per heavy atom. The quantitative estimate of drug-likeness (QED) is 0.784. The molecule has 0 aromatic heterocycles. The van der Waals surface area contributed by atoms with Gasteiger partial charge < -0.3 is 9.80 Å². The summed E-state index contributed by atoms with van der Waals surface area (Å²) in [5.74, 6) is 0. The molecule has 0 saturated carbocycles. The first-order valence-corrected chi connectivity index (χ1v) is 6.23. The van der Waals surface area contributed by atoms with Crippen LogP contribution in [0.5, 0.6) is 0 Å². The fraction of sp³-hybridized carbons (Fsp3) is 0.455. The van der Waals surface area contributed by atoms with E-state index in [1.165, 1.54) is 0 Å². The second kappa shape index (κ2) is 4.73. The molecule has 0 amide bonds. The molecule has 1 aromatic rings. The van der Waals surface area contributed by atoms with Gasteiger partial charge in [0.2, 0.25) is 0 Å². The Bertz CT molecular complexity index is 328. The van der Waals surface area contributed by atoms with Gasteiger partial charge in [0, 0.05) is 30.7 Å². The lowest BCUT2D eigenvalue weighted by Gasteiger charge is -2.35. The Hall–Kier alpha value is -0.250. The summed E-state index contributed by atoms with van der Waals surface area (Å²) >= 11 is 9.77. The minimum Gasteiger partial charge on any atom is -0.367 e. The zero-order valence-corrected chi connectivity index (χ0v) is 11.1. The Morgan fingerprint density at radius 3 is 2.47 bits per heavy atom. The fourth-order valence-corrected chi connectivity index (χ4v) is 2.85. The van der Waals surface area contributed by atoms with Crippen LogP contribution in [0.15, 0.2) is 22.7 Å². The first-order chi connectivity index (χ1) is 7.18. The molecule has 1 aliphatic rings. The Morgan fingerprint density at radius 1 is 1.20 bits per heavy atom. The summed E-state index contributed by atoms with van der Waals surface area (Å²) in [5.41, 5.74) is 1.13. The largest absolute Gasteiger partial charge is 0.367 e. The van der Waals surface area contributed by atoms with Gasteiger partial charge in [0.05, 0.1) is 10.7 Å². The number of hydrogen-bond acceptors (Lipinski definition) is 2. The van der Waals surface area contributed by atoms with Crippen molar-refractivity contribution in [3.63, 3.8) is 0 Å². The monoisotopic (exact) mass is 288 g/mol. The van der Waals surface area contributed by atoms with Gasteiger partial charge in [-0.3, -0.25) is 0 Å². The molecule has 0 unspecified atom stereocenters. The average Bonchev–Trinajstić information content (AvgIpc) is 2.20. The van der Waals surface area contributed by atoms with Crippen LogP contribution in [0.1, 0.15) is 0 Å². The van der Waals surface area contributed by atoms with Crippen molar-refractivity contribution in [3.8, 4) is 0 Å². The molecule has 0 bridgehead atoms. The molecule has 1 saturated heterocycles. The molecule has 0 atom stereocenters. The minimum absolute atomic E-state index is 0.828. The van der Waals surface area contributed by atoms with Crippen LogP contribution < -0.4 is 4.90 Å².